The third-order valence-corrected chi connectivity index (χ3v) is 4.48. The number of rotatable bonds is 6. The van der Waals surface area contributed by atoms with Gasteiger partial charge in [-0.15, -0.1) is 5.10 Å². The molecule has 2 heterocycles. The molecule has 2 aromatic heterocycles. The number of benzene rings is 2. The van der Waals surface area contributed by atoms with E-state index in [-0.39, 0.29) is 11.6 Å². The van der Waals surface area contributed by atoms with Gasteiger partial charge in [-0.3, -0.25) is 15.2 Å². The second-order valence-electron chi connectivity index (χ2n) is 6.48. The zero-order chi connectivity index (χ0) is 21.1. The molecule has 30 heavy (non-hydrogen) atoms. The van der Waals surface area contributed by atoms with Crippen molar-refractivity contribution in [1.29, 1.82) is 0 Å². The van der Waals surface area contributed by atoms with Crippen LogP contribution in [0.4, 0.5) is 5.95 Å². The Bertz CT molecular complexity index is 1200. The summed E-state index contributed by atoms with van der Waals surface area (Å²) < 4.78 is 12.3. The van der Waals surface area contributed by atoms with Crippen LogP contribution in [0.3, 0.4) is 0 Å². The van der Waals surface area contributed by atoms with E-state index in [1.807, 2.05) is 49.4 Å². The van der Waals surface area contributed by atoms with Gasteiger partial charge < -0.3 is 9.47 Å². The summed E-state index contributed by atoms with van der Waals surface area (Å²) in [5.74, 6) is 1.51. The first kappa shape index (κ1) is 19.2. The first-order valence-electron chi connectivity index (χ1n) is 9.17. The van der Waals surface area contributed by atoms with Crippen molar-refractivity contribution in [3.05, 3.63) is 66.0 Å². The Morgan fingerprint density at radius 2 is 1.87 bits per heavy atom. The molecular weight excluding hydrogens is 384 g/mol. The van der Waals surface area contributed by atoms with Gasteiger partial charge in [-0.05, 0) is 42.8 Å². The molecule has 0 aliphatic heterocycles. The van der Waals surface area contributed by atoms with Crippen molar-refractivity contribution in [3.8, 4) is 28.6 Å². The number of hydrogen-bond acceptors (Lipinski definition) is 6. The predicted molar refractivity (Wildman–Crippen MR) is 111 cm³/mol. The molecular formula is C21H20N6O3. The molecule has 0 spiro atoms. The van der Waals surface area contributed by atoms with E-state index >= 15 is 0 Å². The Kier molecular flexibility index (Phi) is 5.17. The van der Waals surface area contributed by atoms with E-state index in [4.69, 9.17) is 9.47 Å². The number of aromatic amines is 1. The number of nitrogens with one attached hydrogen (secondary N) is 2. The molecule has 0 saturated carbocycles. The third kappa shape index (κ3) is 3.72. The number of carbonyl (C=O) groups is 1. The molecule has 4 rings (SSSR count). The standard InChI is InChI=1S/C21H20N6O3/c1-13-8-9-18(30-3)16(12-13)27-11-10-15(26-27)20(28)23-21-22-19(24-25-21)14-6-4-5-7-17(14)29-2/h4-12H,1-3H3,(H2,22,23,24,25,28). The maximum atomic E-state index is 12.6. The van der Waals surface area contributed by atoms with Crippen LogP contribution in [-0.4, -0.2) is 45.1 Å². The molecule has 0 bridgehead atoms. The van der Waals surface area contributed by atoms with E-state index in [9.17, 15) is 4.79 Å². The number of aromatic nitrogens is 5. The molecule has 9 heteroatoms. The molecule has 0 unspecified atom stereocenters. The first-order chi connectivity index (χ1) is 14.6. The zero-order valence-corrected chi connectivity index (χ0v) is 16.7. The molecule has 0 aliphatic carbocycles. The largest absolute Gasteiger partial charge is 0.496 e. The lowest BCUT2D eigenvalue weighted by atomic mass is 10.2. The lowest BCUT2D eigenvalue weighted by Crippen LogP contribution is -2.14. The van der Waals surface area contributed by atoms with Crippen LogP contribution in [0.1, 0.15) is 16.1 Å². The number of methoxy groups -OCH3 is 2. The zero-order valence-electron chi connectivity index (χ0n) is 16.7. The van der Waals surface area contributed by atoms with Crippen molar-refractivity contribution < 1.29 is 14.3 Å². The van der Waals surface area contributed by atoms with Crippen molar-refractivity contribution >= 4 is 11.9 Å². The van der Waals surface area contributed by atoms with Gasteiger partial charge >= 0.3 is 0 Å². The van der Waals surface area contributed by atoms with E-state index in [0.717, 1.165) is 16.8 Å². The lowest BCUT2D eigenvalue weighted by molar-refractivity contribution is 0.102. The highest BCUT2D eigenvalue weighted by molar-refractivity contribution is 6.01. The van der Waals surface area contributed by atoms with Crippen molar-refractivity contribution in [2.75, 3.05) is 19.5 Å². The Hall–Kier alpha value is -4.14. The van der Waals surface area contributed by atoms with Gasteiger partial charge in [0.05, 0.1) is 19.8 Å². The number of amides is 1. The number of para-hydroxylation sites is 1. The maximum absolute atomic E-state index is 12.6. The van der Waals surface area contributed by atoms with Crippen LogP contribution in [-0.2, 0) is 0 Å². The van der Waals surface area contributed by atoms with Crippen molar-refractivity contribution in [2.24, 2.45) is 0 Å². The molecule has 0 fully saturated rings. The summed E-state index contributed by atoms with van der Waals surface area (Å²) in [6, 6.07) is 14.8. The number of aryl methyl sites for hydroxylation is 1. The maximum Gasteiger partial charge on any atom is 0.278 e. The molecule has 0 aliphatic rings. The summed E-state index contributed by atoms with van der Waals surface area (Å²) in [6.07, 6.45) is 1.70. The van der Waals surface area contributed by atoms with Crippen LogP contribution in [0.2, 0.25) is 0 Å². The van der Waals surface area contributed by atoms with Gasteiger partial charge in [0.25, 0.3) is 5.91 Å². The number of hydrogen-bond donors (Lipinski definition) is 2. The van der Waals surface area contributed by atoms with Crippen molar-refractivity contribution in [3.63, 3.8) is 0 Å². The summed E-state index contributed by atoms with van der Waals surface area (Å²) in [7, 11) is 3.17. The van der Waals surface area contributed by atoms with Gasteiger partial charge in [-0.25, -0.2) is 4.68 Å². The highest BCUT2D eigenvalue weighted by Gasteiger charge is 2.16. The van der Waals surface area contributed by atoms with Gasteiger partial charge in [0.15, 0.2) is 11.5 Å². The van der Waals surface area contributed by atoms with E-state index in [1.54, 1.807) is 31.2 Å². The summed E-state index contributed by atoms with van der Waals surface area (Å²) in [4.78, 5) is 16.9. The second kappa shape index (κ2) is 8.08. The average molecular weight is 404 g/mol. The van der Waals surface area contributed by atoms with Crippen LogP contribution < -0.4 is 14.8 Å². The highest BCUT2D eigenvalue weighted by Crippen LogP contribution is 2.27. The molecule has 0 saturated heterocycles. The number of nitrogens with zero attached hydrogens (tertiary/aromatic N) is 4. The minimum atomic E-state index is -0.425. The summed E-state index contributed by atoms with van der Waals surface area (Å²) in [5, 5.41) is 13.9. The van der Waals surface area contributed by atoms with Gasteiger partial charge in [-0.2, -0.15) is 10.1 Å². The van der Waals surface area contributed by atoms with Gasteiger partial charge in [0.1, 0.15) is 17.2 Å². The normalized spacial score (nSPS) is 10.6. The molecule has 4 aromatic rings. The van der Waals surface area contributed by atoms with Crippen LogP contribution in [0.15, 0.2) is 54.7 Å². The van der Waals surface area contributed by atoms with Gasteiger partial charge in [0, 0.05) is 6.20 Å². The van der Waals surface area contributed by atoms with Crippen LogP contribution in [0, 0.1) is 6.92 Å². The average Bonchev–Trinajstić information content (AvgIpc) is 3.43. The highest BCUT2D eigenvalue weighted by atomic mass is 16.5. The fourth-order valence-corrected chi connectivity index (χ4v) is 3.00. The molecule has 2 aromatic carbocycles. The number of H-pyrrole nitrogens is 1. The predicted octanol–water partition coefficient (Wildman–Crippen LogP) is 3.24. The molecule has 9 nitrogen and oxygen atoms in total. The quantitative estimate of drug-likeness (QED) is 0.511. The molecule has 0 atom stereocenters. The molecule has 1 amide bonds. The van der Waals surface area contributed by atoms with E-state index < -0.39 is 5.91 Å². The Morgan fingerprint density at radius 1 is 1.07 bits per heavy atom. The minimum Gasteiger partial charge on any atom is -0.496 e. The third-order valence-electron chi connectivity index (χ3n) is 4.48. The lowest BCUT2D eigenvalue weighted by Gasteiger charge is -2.09. The monoisotopic (exact) mass is 404 g/mol. The fraction of sp³-hybridized carbons (Fsp3) is 0.143. The number of anilines is 1. The fourth-order valence-electron chi connectivity index (χ4n) is 3.00. The Labute approximate surface area is 172 Å². The SMILES string of the molecule is COc1ccccc1-c1nc(NC(=O)c2ccn(-c3cc(C)ccc3OC)n2)n[nH]1. The van der Waals surface area contributed by atoms with Crippen molar-refractivity contribution in [2.45, 2.75) is 6.92 Å². The molecule has 0 radical (unpaired) electrons. The minimum absolute atomic E-state index is 0.142. The molecule has 2 N–H and O–H groups in total. The second-order valence-corrected chi connectivity index (χ2v) is 6.48. The number of ether oxygens (including phenoxy) is 2. The van der Waals surface area contributed by atoms with Crippen molar-refractivity contribution in [1.82, 2.24) is 25.0 Å². The first-order valence-corrected chi connectivity index (χ1v) is 9.17. The van der Waals surface area contributed by atoms with Crippen LogP contribution >= 0.6 is 0 Å². The summed E-state index contributed by atoms with van der Waals surface area (Å²) >= 11 is 0. The summed E-state index contributed by atoms with van der Waals surface area (Å²) in [5.41, 5.74) is 2.76. The summed E-state index contributed by atoms with van der Waals surface area (Å²) in [6.45, 7) is 1.97. The Morgan fingerprint density at radius 3 is 2.67 bits per heavy atom. The smallest absolute Gasteiger partial charge is 0.278 e. The van der Waals surface area contributed by atoms with Crippen LogP contribution in [0.5, 0.6) is 11.5 Å². The van der Waals surface area contributed by atoms with E-state index in [2.05, 4.69) is 25.6 Å². The topological polar surface area (TPSA) is 107 Å². The van der Waals surface area contributed by atoms with E-state index in [1.165, 1.54) is 0 Å². The van der Waals surface area contributed by atoms with Crippen LogP contribution in [0.25, 0.3) is 17.1 Å². The van der Waals surface area contributed by atoms with Gasteiger partial charge in [-0.1, -0.05) is 18.2 Å². The number of carbonyl (C=O) groups excluding carboxylic acids is 1. The van der Waals surface area contributed by atoms with E-state index in [0.29, 0.717) is 17.3 Å². The Balaban J connectivity index is 1.54. The molecule has 152 valence electrons. The van der Waals surface area contributed by atoms with Gasteiger partial charge in [0.2, 0.25) is 5.95 Å².